The standard InChI is InChI=1S/C23H24N2O5S/c1-16-5-4-6-18(13-16)25-31(27,28)20-10-8-19(9-11-20)30-15-23(26)24-21-14-17(2)7-12-22(21)29-3/h4-14,25H,15H2,1-3H3,(H,24,26). The van der Waals surface area contributed by atoms with Crippen LogP contribution < -0.4 is 19.5 Å². The van der Waals surface area contributed by atoms with Gasteiger partial charge in [-0.25, -0.2) is 8.42 Å². The molecule has 0 aliphatic rings. The lowest BCUT2D eigenvalue weighted by atomic mass is 10.2. The van der Waals surface area contributed by atoms with Gasteiger partial charge in [-0.1, -0.05) is 18.2 Å². The van der Waals surface area contributed by atoms with E-state index in [9.17, 15) is 13.2 Å². The van der Waals surface area contributed by atoms with Gasteiger partial charge in [-0.05, 0) is 73.5 Å². The second-order valence-corrected chi connectivity index (χ2v) is 8.67. The maximum atomic E-state index is 12.6. The fourth-order valence-electron chi connectivity index (χ4n) is 2.89. The van der Waals surface area contributed by atoms with Gasteiger partial charge in [0.15, 0.2) is 6.61 Å². The molecule has 0 aromatic heterocycles. The van der Waals surface area contributed by atoms with Gasteiger partial charge in [0.05, 0.1) is 17.7 Å². The monoisotopic (exact) mass is 440 g/mol. The van der Waals surface area contributed by atoms with Gasteiger partial charge in [0.2, 0.25) is 0 Å². The van der Waals surface area contributed by atoms with Gasteiger partial charge in [0.1, 0.15) is 11.5 Å². The maximum absolute atomic E-state index is 12.6. The number of hydrogen-bond donors (Lipinski definition) is 2. The lowest BCUT2D eigenvalue weighted by Crippen LogP contribution is -2.20. The Kier molecular flexibility index (Phi) is 6.81. The van der Waals surface area contributed by atoms with Crippen molar-refractivity contribution in [2.45, 2.75) is 18.7 Å². The Morgan fingerprint density at radius 1 is 0.935 bits per heavy atom. The van der Waals surface area contributed by atoms with Crippen molar-refractivity contribution in [3.63, 3.8) is 0 Å². The van der Waals surface area contributed by atoms with Gasteiger partial charge in [-0.2, -0.15) is 0 Å². The van der Waals surface area contributed by atoms with E-state index >= 15 is 0 Å². The molecular weight excluding hydrogens is 416 g/mol. The number of anilines is 2. The van der Waals surface area contributed by atoms with E-state index in [0.29, 0.717) is 22.9 Å². The zero-order valence-corrected chi connectivity index (χ0v) is 18.3. The van der Waals surface area contributed by atoms with Crippen molar-refractivity contribution in [1.82, 2.24) is 0 Å². The number of nitrogens with one attached hydrogen (secondary N) is 2. The van der Waals surface area contributed by atoms with Crippen molar-refractivity contribution < 1.29 is 22.7 Å². The molecule has 0 saturated carbocycles. The summed E-state index contributed by atoms with van der Waals surface area (Å²) in [5.41, 5.74) is 2.97. The first kappa shape index (κ1) is 22.2. The van der Waals surface area contributed by atoms with E-state index in [1.54, 1.807) is 30.3 Å². The molecule has 1 amide bonds. The molecule has 0 aliphatic carbocycles. The number of ether oxygens (including phenoxy) is 2. The van der Waals surface area contributed by atoms with Crippen molar-refractivity contribution in [2.75, 3.05) is 23.8 Å². The Hall–Kier alpha value is -3.52. The summed E-state index contributed by atoms with van der Waals surface area (Å²) in [7, 11) is -2.20. The minimum atomic E-state index is -3.73. The summed E-state index contributed by atoms with van der Waals surface area (Å²) in [6.07, 6.45) is 0. The molecule has 3 rings (SSSR count). The molecule has 0 unspecified atom stereocenters. The minimum absolute atomic E-state index is 0.0929. The number of methoxy groups -OCH3 is 1. The van der Waals surface area contributed by atoms with Crippen LogP contribution >= 0.6 is 0 Å². The average molecular weight is 441 g/mol. The van der Waals surface area contributed by atoms with Crippen LogP contribution in [0.2, 0.25) is 0 Å². The second-order valence-electron chi connectivity index (χ2n) is 6.99. The molecule has 0 radical (unpaired) electrons. The van der Waals surface area contributed by atoms with E-state index in [1.807, 2.05) is 26.0 Å². The predicted octanol–water partition coefficient (Wildman–Crippen LogP) is 4.13. The van der Waals surface area contributed by atoms with Crippen molar-refractivity contribution in [2.24, 2.45) is 0 Å². The first-order valence-electron chi connectivity index (χ1n) is 9.54. The number of sulfonamides is 1. The Morgan fingerprint density at radius 2 is 1.65 bits per heavy atom. The van der Waals surface area contributed by atoms with Gasteiger partial charge >= 0.3 is 0 Å². The van der Waals surface area contributed by atoms with Crippen LogP contribution in [0.3, 0.4) is 0 Å². The molecule has 0 fully saturated rings. The van der Waals surface area contributed by atoms with Crippen molar-refractivity contribution in [3.05, 3.63) is 77.9 Å². The smallest absolute Gasteiger partial charge is 0.262 e. The highest BCUT2D eigenvalue weighted by atomic mass is 32.2. The molecule has 0 heterocycles. The Bertz CT molecular complexity index is 1170. The maximum Gasteiger partial charge on any atom is 0.262 e. The first-order chi connectivity index (χ1) is 14.8. The number of carbonyl (C=O) groups is 1. The van der Waals surface area contributed by atoms with Crippen LogP contribution in [-0.4, -0.2) is 28.0 Å². The van der Waals surface area contributed by atoms with E-state index in [2.05, 4.69) is 10.0 Å². The molecule has 2 N–H and O–H groups in total. The predicted molar refractivity (Wildman–Crippen MR) is 120 cm³/mol. The molecule has 7 nitrogen and oxygen atoms in total. The first-order valence-corrected chi connectivity index (χ1v) is 11.0. The molecule has 0 bridgehead atoms. The average Bonchev–Trinajstić information content (AvgIpc) is 2.72. The topological polar surface area (TPSA) is 93.7 Å². The van der Waals surface area contributed by atoms with Gasteiger partial charge in [0, 0.05) is 5.69 Å². The van der Waals surface area contributed by atoms with E-state index in [4.69, 9.17) is 9.47 Å². The van der Waals surface area contributed by atoms with Crippen LogP contribution in [0.5, 0.6) is 11.5 Å². The number of carbonyl (C=O) groups excluding carboxylic acids is 1. The second kappa shape index (κ2) is 9.53. The van der Waals surface area contributed by atoms with Crippen LogP contribution in [-0.2, 0) is 14.8 Å². The van der Waals surface area contributed by atoms with E-state index < -0.39 is 10.0 Å². The van der Waals surface area contributed by atoms with Crippen LogP contribution in [0.25, 0.3) is 0 Å². The Balaban J connectivity index is 1.60. The number of benzene rings is 3. The third-order valence-corrected chi connectivity index (χ3v) is 5.80. The number of rotatable bonds is 8. The zero-order chi connectivity index (χ0) is 22.4. The van der Waals surface area contributed by atoms with Gasteiger partial charge in [0.25, 0.3) is 15.9 Å². The summed E-state index contributed by atoms with van der Waals surface area (Å²) >= 11 is 0. The molecule has 0 saturated heterocycles. The van der Waals surface area contributed by atoms with Crippen molar-refractivity contribution >= 4 is 27.3 Å². The SMILES string of the molecule is COc1ccc(C)cc1NC(=O)COc1ccc(S(=O)(=O)Nc2cccc(C)c2)cc1. The molecule has 3 aromatic rings. The summed E-state index contributed by atoms with van der Waals surface area (Å²) in [4.78, 5) is 12.3. The largest absolute Gasteiger partial charge is 0.495 e. The molecular formula is C23H24N2O5S. The molecule has 0 spiro atoms. The fraction of sp³-hybridized carbons (Fsp3) is 0.174. The highest BCUT2D eigenvalue weighted by Gasteiger charge is 2.15. The van der Waals surface area contributed by atoms with Gasteiger partial charge in [-0.15, -0.1) is 0 Å². The molecule has 3 aromatic carbocycles. The zero-order valence-electron chi connectivity index (χ0n) is 17.5. The van der Waals surface area contributed by atoms with Crippen LogP contribution in [0.4, 0.5) is 11.4 Å². The lowest BCUT2D eigenvalue weighted by Gasteiger charge is -2.12. The summed E-state index contributed by atoms with van der Waals surface area (Å²) in [6, 6.07) is 18.4. The third kappa shape index (κ3) is 5.99. The number of amides is 1. The van der Waals surface area contributed by atoms with Crippen molar-refractivity contribution in [3.8, 4) is 11.5 Å². The molecule has 8 heteroatoms. The molecule has 0 aliphatic heterocycles. The highest BCUT2D eigenvalue weighted by molar-refractivity contribution is 7.92. The van der Waals surface area contributed by atoms with Crippen LogP contribution in [0.15, 0.2) is 71.6 Å². The number of aryl methyl sites for hydroxylation is 2. The van der Waals surface area contributed by atoms with Crippen LogP contribution in [0.1, 0.15) is 11.1 Å². The normalized spacial score (nSPS) is 10.9. The Morgan fingerprint density at radius 3 is 2.32 bits per heavy atom. The number of hydrogen-bond acceptors (Lipinski definition) is 5. The summed E-state index contributed by atoms with van der Waals surface area (Å²) in [5.74, 6) is 0.567. The highest BCUT2D eigenvalue weighted by Crippen LogP contribution is 2.25. The molecule has 0 atom stereocenters. The summed E-state index contributed by atoms with van der Waals surface area (Å²) in [5, 5.41) is 2.75. The van der Waals surface area contributed by atoms with Crippen molar-refractivity contribution in [1.29, 1.82) is 0 Å². The summed E-state index contributed by atoms with van der Waals surface area (Å²) in [6.45, 7) is 3.56. The van der Waals surface area contributed by atoms with E-state index in [0.717, 1.165) is 11.1 Å². The van der Waals surface area contributed by atoms with Gasteiger partial charge in [-0.3, -0.25) is 9.52 Å². The van der Waals surface area contributed by atoms with E-state index in [-0.39, 0.29) is 17.4 Å². The quantitative estimate of drug-likeness (QED) is 0.549. The molecule has 31 heavy (non-hydrogen) atoms. The minimum Gasteiger partial charge on any atom is -0.495 e. The van der Waals surface area contributed by atoms with Gasteiger partial charge < -0.3 is 14.8 Å². The third-order valence-electron chi connectivity index (χ3n) is 4.40. The fourth-order valence-corrected chi connectivity index (χ4v) is 3.94. The lowest BCUT2D eigenvalue weighted by molar-refractivity contribution is -0.118. The Labute approximate surface area is 182 Å². The van der Waals surface area contributed by atoms with E-state index in [1.165, 1.54) is 31.4 Å². The summed E-state index contributed by atoms with van der Waals surface area (Å²) < 4.78 is 38.4. The van der Waals surface area contributed by atoms with Crippen LogP contribution in [0, 0.1) is 13.8 Å². The molecule has 162 valence electrons.